The van der Waals surface area contributed by atoms with Crippen molar-refractivity contribution < 1.29 is 14.6 Å². The Balaban J connectivity index is 0.000000937. The summed E-state index contributed by atoms with van der Waals surface area (Å²) >= 11 is 0. The molecule has 0 amide bonds. The van der Waals surface area contributed by atoms with Gasteiger partial charge >= 0.3 is 0 Å². The number of ether oxygens (including phenoxy) is 2. The summed E-state index contributed by atoms with van der Waals surface area (Å²) in [5.41, 5.74) is 2.65. The first-order valence-electron chi connectivity index (χ1n) is 12.1. The van der Waals surface area contributed by atoms with Gasteiger partial charge in [0.15, 0.2) is 0 Å². The van der Waals surface area contributed by atoms with E-state index < -0.39 is 0 Å². The lowest BCUT2D eigenvalue weighted by molar-refractivity contribution is -0.294. The van der Waals surface area contributed by atoms with Gasteiger partial charge in [0.25, 0.3) is 0 Å². The van der Waals surface area contributed by atoms with E-state index in [1.807, 2.05) is 7.11 Å². The number of hydrogen-bond donors (Lipinski definition) is 1. The topological polar surface area (TPSA) is 38.7 Å². The van der Waals surface area contributed by atoms with Crippen LogP contribution in [0.15, 0.2) is 11.6 Å². The molecule has 4 saturated carbocycles. The van der Waals surface area contributed by atoms with Gasteiger partial charge in [-0.15, -0.1) is 12.8 Å². The lowest BCUT2D eigenvalue weighted by atomic mass is 9.41. The number of fused-ring (bicyclic) bond motifs is 7. The summed E-state index contributed by atoms with van der Waals surface area (Å²) in [5, 5.41) is 10.2. The summed E-state index contributed by atoms with van der Waals surface area (Å²) in [5.74, 6) is 3.89. The Bertz CT molecular complexity index is 786. The maximum Gasteiger partial charge on any atom is 0.0823 e. The number of rotatable bonds is 3. The Morgan fingerprint density at radius 1 is 1.17 bits per heavy atom. The summed E-state index contributed by atoms with van der Waals surface area (Å²) in [6, 6.07) is 0. The van der Waals surface area contributed by atoms with Crippen molar-refractivity contribution in [3.05, 3.63) is 11.6 Å². The lowest BCUT2D eigenvalue weighted by Crippen LogP contribution is -2.67. The lowest BCUT2D eigenvalue weighted by Gasteiger charge is -2.66. The molecule has 0 aromatic heterocycles. The smallest absolute Gasteiger partial charge is 0.0823 e. The molecule has 1 saturated heterocycles. The third-order valence-corrected chi connectivity index (χ3v) is 10.8. The van der Waals surface area contributed by atoms with Crippen LogP contribution in [-0.2, 0) is 9.47 Å². The van der Waals surface area contributed by atoms with Crippen molar-refractivity contribution in [1.29, 1.82) is 0 Å². The second-order valence-corrected chi connectivity index (χ2v) is 12.0. The molecule has 0 aromatic rings. The van der Waals surface area contributed by atoms with E-state index in [0.717, 1.165) is 48.9 Å². The second kappa shape index (κ2) is 6.37. The summed E-state index contributed by atoms with van der Waals surface area (Å²) in [6.07, 6.45) is 18.8. The molecule has 6 aliphatic rings. The fourth-order valence-corrected chi connectivity index (χ4v) is 9.91. The highest BCUT2D eigenvalue weighted by molar-refractivity contribution is 5.45. The zero-order valence-corrected chi connectivity index (χ0v) is 19.5. The van der Waals surface area contributed by atoms with Crippen molar-refractivity contribution in [3.8, 4) is 12.8 Å². The molecule has 3 heteroatoms. The number of hydrogen-bond acceptors (Lipinski definition) is 3. The highest BCUT2D eigenvalue weighted by atomic mass is 16.6. The minimum absolute atomic E-state index is 0.0322. The van der Waals surface area contributed by atoms with Crippen LogP contribution in [0.25, 0.3) is 0 Å². The Morgan fingerprint density at radius 2 is 1.90 bits per heavy atom. The molecule has 11 atom stereocenters. The fraction of sp³-hybridized carbons (Fsp3) is 0.852. The Hall–Kier alpha value is -0.820. The third-order valence-electron chi connectivity index (χ3n) is 10.8. The summed E-state index contributed by atoms with van der Waals surface area (Å²) in [7, 11) is 1.82. The maximum absolute atomic E-state index is 10.2. The molecule has 5 fully saturated rings. The first kappa shape index (κ1) is 21.0. The van der Waals surface area contributed by atoms with Crippen LogP contribution in [0.2, 0.25) is 0 Å². The molecule has 1 aliphatic heterocycles. The summed E-state index contributed by atoms with van der Waals surface area (Å²) < 4.78 is 12.5. The van der Waals surface area contributed by atoms with Gasteiger partial charge in [-0.25, -0.2) is 0 Å². The highest BCUT2D eigenvalue weighted by Crippen LogP contribution is 2.92. The van der Waals surface area contributed by atoms with Gasteiger partial charge in [0, 0.05) is 25.4 Å². The molecule has 166 valence electrons. The minimum Gasteiger partial charge on any atom is -0.393 e. The standard InChI is InChI=1S/C25H38O3.C2H2/c1-14(27-5)13-24(4)21-20-23(3)11-9-18-17(19(23)25(20,21)28-24)7-6-15-12-16(26)8-10-22(15,18)2;1-2/h6,14,16-21,26H,7-13H2,1-5H3;1-2H/t14?,16?,17?,18?,19?,20?,21?,22-,23?,24?,25?;/m0./s1. The van der Waals surface area contributed by atoms with Gasteiger partial charge in [-0.3, -0.25) is 0 Å². The molecular formula is C27H40O3. The van der Waals surface area contributed by atoms with Crippen LogP contribution in [-0.4, -0.2) is 35.6 Å². The quantitative estimate of drug-likeness (QED) is 0.525. The molecule has 0 radical (unpaired) electrons. The average molecular weight is 413 g/mol. The monoisotopic (exact) mass is 412 g/mol. The molecule has 10 unspecified atom stereocenters. The van der Waals surface area contributed by atoms with Crippen molar-refractivity contribution >= 4 is 0 Å². The van der Waals surface area contributed by atoms with E-state index in [4.69, 9.17) is 9.47 Å². The van der Waals surface area contributed by atoms with Gasteiger partial charge in [-0.1, -0.05) is 25.5 Å². The van der Waals surface area contributed by atoms with Crippen molar-refractivity contribution in [2.24, 2.45) is 40.4 Å². The molecule has 3 nitrogen and oxygen atoms in total. The Morgan fingerprint density at radius 3 is 2.60 bits per heavy atom. The number of aliphatic hydroxyl groups excluding tert-OH is 1. The molecule has 5 aliphatic carbocycles. The summed E-state index contributed by atoms with van der Waals surface area (Å²) in [6.45, 7) is 9.65. The van der Waals surface area contributed by atoms with Crippen molar-refractivity contribution in [1.82, 2.24) is 0 Å². The summed E-state index contributed by atoms with van der Waals surface area (Å²) in [4.78, 5) is 0. The van der Waals surface area contributed by atoms with Crippen molar-refractivity contribution in [3.63, 3.8) is 0 Å². The minimum atomic E-state index is -0.109. The molecular weight excluding hydrogens is 372 g/mol. The van der Waals surface area contributed by atoms with Gasteiger partial charge in [0.1, 0.15) is 0 Å². The molecule has 1 N–H and O–H groups in total. The second-order valence-electron chi connectivity index (χ2n) is 12.0. The van der Waals surface area contributed by atoms with Crippen LogP contribution in [0.1, 0.15) is 72.6 Å². The Labute approximate surface area is 183 Å². The van der Waals surface area contributed by atoms with Crippen LogP contribution in [0.4, 0.5) is 0 Å². The van der Waals surface area contributed by atoms with Gasteiger partial charge in [0.05, 0.1) is 23.4 Å². The van der Waals surface area contributed by atoms with E-state index in [9.17, 15) is 5.11 Å². The van der Waals surface area contributed by atoms with E-state index in [2.05, 4.69) is 46.6 Å². The number of aliphatic hydroxyl groups is 1. The average Bonchev–Trinajstić information content (AvgIpc) is 3.27. The van der Waals surface area contributed by atoms with Crippen LogP contribution in [0.5, 0.6) is 0 Å². The maximum atomic E-state index is 10.2. The zero-order valence-electron chi connectivity index (χ0n) is 19.5. The SMILES string of the molecule is C#C.COC(C)CC1(C)OC23C1C2C1(C)CCC2C(CC=C4CC(O)CC[C@@]42C)C13. The number of allylic oxidation sites excluding steroid dienone is 1. The normalized spacial score (nSPS) is 57.8. The predicted molar refractivity (Wildman–Crippen MR) is 119 cm³/mol. The predicted octanol–water partition coefficient (Wildman–Crippen LogP) is 4.98. The molecule has 0 bridgehead atoms. The highest BCUT2D eigenvalue weighted by Gasteiger charge is 2.97. The van der Waals surface area contributed by atoms with Gasteiger partial charge in [-0.05, 0) is 81.0 Å². The first-order valence-corrected chi connectivity index (χ1v) is 12.1. The molecule has 0 aromatic carbocycles. The van der Waals surface area contributed by atoms with E-state index >= 15 is 0 Å². The fourth-order valence-electron chi connectivity index (χ4n) is 9.91. The van der Waals surface area contributed by atoms with Crippen LogP contribution in [0, 0.1) is 53.3 Å². The van der Waals surface area contributed by atoms with E-state index in [1.165, 1.54) is 25.7 Å². The number of methoxy groups -OCH3 is 1. The van der Waals surface area contributed by atoms with Crippen molar-refractivity contribution in [2.75, 3.05) is 7.11 Å². The largest absolute Gasteiger partial charge is 0.393 e. The van der Waals surface area contributed by atoms with Crippen LogP contribution >= 0.6 is 0 Å². The van der Waals surface area contributed by atoms with E-state index in [0.29, 0.717) is 10.8 Å². The molecule has 30 heavy (non-hydrogen) atoms. The van der Waals surface area contributed by atoms with Crippen LogP contribution < -0.4 is 0 Å². The Kier molecular flexibility index (Phi) is 4.47. The van der Waals surface area contributed by atoms with Crippen molar-refractivity contribution in [2.45, 2.75) is 96.1 Å². The molecule has 1 heterocycles. The van der Waals surface area contributed by atoms with Gasteiger partial charge in [-0.2, -0.15) is 0 Å². The first-order chi connectivity index (χ1) is 14.2. The van der Waals surface area contributed by atoms with E-state index in [-0.39, 0.29) is 23.4 Å². The van der Waals surface area contributed by atoms with E-state index in [1.54, 1.807) is 5.57 Å². The van der Waals surface area contributed by atoms with Gasteiger partial charge < -0.3 is 14.6 Å². The number of terminal acetylenes is 1. The molecule has 6 rings (SSSR count). The zero-order chi connectivity index (χ0) is 21.7. The third kappa shape index (κ3) is 2.24. The molecule has 1 spiro atoms. The van der Waals surface area contributed by atoms with Gasteiger partial charge in [0.2, 0.25) is 0 Å². The van der Waals surface area contributed by atoms with Crippen LogP contribution in [0.3, 0.4) is 0 Å².